The molecule has 0 N–H and O–H groups in total. The molecule has 78 valence electrons. The number of rotatable bonds is 2. The molecule has 2 fully saturated rings. The molecule has 1 unspecified atom stereocenters. The van der Waals surface area contributed by atoms with Gasteiger partial charge in [-0.25, -0.2) is 0 Å². The van der Waals surface area contributed by atoms with Crippen LogP contribution in [0.1, 0.15) is 32.1 Å². The molecule has 0 aromatic carbocycles. The predicted molar refractivity (Wildman–Crippen MR) is 51.8 cm³/mol. The maximum atomic E-state index is 10.7. The molecule has 2 rings (SSSR count). The SMILES string of the molecule is C=C[C@H]1OC2(CCCCC2)OC1C=O. The lowest BCUT2D eigenvalue weighted by atomic mass is 9.94. The number of hydrogen-bond donors (Lipinski definition) is 0. The van der Waals surface area contributed by atoms with Crippen molar-refractivity contribution >= 4 is 6.29 Å². The Morgan fingerprint density at radius 1 is 1.14 bits per heavy atom. The quantitative estimate of drug-likeness (QED) is 0.499. The lowest BCUT2D eigenvalue weighted by Gasteiger charge is -2.31. The Morgan fingerprint density at radius 3 is 2.29 bits per heavy atom. The van der Waals surface area contributed by atoms with Gasteiger partial charge < -0.3 is 14.3 Å². The minimum Gasteiger partial charge on any atom is -0.339 e. The van der Waals surface area contributed by atoms with Crippen molar-refractivity contribution in [3.05, 3.63) is 12.7 Å². The highest BCUT2D eigenvalue weighted by molar-refractivity contribution is 5.58. The lowest BCUT2D eigenvalue weighted by Crippen LogP contribution is -2.33. The molecule has 3 nitrogen and oxygen atoms in total. The van der Waals surface area contributed by atoms with Crippen molar-refractivity contribution in [2.24, 2.45) is 0 Å². The van der Waals surface area contributed by atoms with E-state index >= 15 is 0 Å². The Labute approximate surface area is 84.1 Å². The van der Waals surface area contributed by atoms with Gasteiger partial charge in [0.2, 0.25) is 0 Å². The van der Waals surface area contributed by atoms with Gasteiger partial charge in [0, 0.05) is 12.8 Å². The van der Waals surface area contributed by atoms with Crippen LogP contribution in [-0.4, -0.2) is 24.3 Å². The summed E-state index contributed by atoms with van der Waals surface area (Å²) >= 11 is 0. The summed E-state index contributed by atoms with van der Waals surface area (Å²) < 4.78 is 11.5. The standard InChI is InChI=1S/C11H16O3/c1-2-9-10(8-12)14-11(13-9)6-4-3-5-7-11/h2,8-10H,1,3-7H2/t9-,10?/m1/s1. The zero-order valence-electron chi connectivity index (χ0n) is 8.28. The van der Waals surface area contributed by atoms with E-state index in [9.17, 15) is 4.79 Å². The lowest BCUT2D eigenvalue weighted by molar-refractivity contribution is -0.190. The van der Waals surface area contributed by atoms with Crippen LogP contribution in [0.4, 0.5) is 0 Å². The van der Waals surface area contributed by atoms with Crippen LogP contribution in [0.15, 0.2) is 12.7 Å². The van der Waals surface area contributed by atoms with E-state index in [1.807, 2.05) is 0 Å². The molecular formula is C11H16O3. The average Bonchev–Trinajstić information content (AvgIpc) is 2.57. The average molecular weight is 196 g/mol. The normalized spacial score (nSPS) is 35.7. The highest BCUT2D eigenvalue weighted by Crippen LogP contribution is 2.40. The second-order valence-electron chi connectivity index (χ2n) is 4.01. The largest absolute Gasteiger partial charge is 0.339 e. The van der Waals surface area contributed by atoms with Crippen molar-refractivity contribution < 1.29 is 14.3 Å². The van der Waals surface area contributed by atoms with Crippen LogP contribution >= 0.6 is 0 Å². The van der Waals surface area contributed by atoms with Crippen LogP contribution in [0, 0.1) is 0 Å². The maximum absolute atomic E-state index is 10.7. The molecular weight excluding hydrogens is 180 g/mol. The van der Waals surface area contributed by atoms with Crippen molar-refractivity contribution in [2.45, 2.75) is 50.1 Å². The van der Waals surface area contributed by atoms with Gasteiger partial charge in [-0.05, 0) is 12.8 Å². The molecule has 1 saturated heterocycles. The minimum absolute atomic E-state index is 0.259. The first-order valence-corrected chi connectivity index (χ1v) is 5.23. The first-order chi connectivity index (χ1) is 6.79. The van der Waals surface area contributed by atoms with Gasteiger partial charge in [0.05, 0.1) is 0 Å². The molecule has 1 spiro atoms. The topological polar surface area (TPSA) is 35.5 Å². The van der Waals surface area contributed by atoms with Crippen LogP contribution in [0.3, 0.4) is 0 Å². The molecule has 0 bridgehead atoms. The Balaban J connectivity index is 2.08. The number of carbonyl (C=O) groups is 1. The smallest absolute Gasteiger partial charge is 0.170 e. The third kappa shape index (κ3) is 1.62. The third-order valence-corrected chi connectivity index (χ3v) is 3.01. The summed E-state index contributed by atoms with van der Waals surface area (Å²) in [7, 11) is 0. The van der Waals surface area contributed by atoms with Gasteiger partial charge in [0.1, 0.15) is 12.2 Å². The van der Waals surface area contributed by atoms with Gasteiger partial charge in [-0.3, -0.25) is 0 Å². The Bertz CT molecular complexity index is 213. The molecule has 1 aliphatic heterocycles. The van der Waals surface area contributed by atoms with E-state index in [1.54, 1.807) is 6.08 Å². The number of aldehydes is 1. The summed E-state index contributed by atoms with van der Waals surface area (Å²) in [5.74, 6) is -0.483. The van der Waals surface area contributed by atoms with Gasteiger partial charge in [-0.2, -0.15) is 0 Å². The van der Waals surface area contributed by atoms with Crippen LogP contribution in [0.5, 0.6) is 0 Å². The van der Waals surface area contributed by atoms with Crippen molar-refractivity contribution in [3.8, 4) is 0 Å². The Morgan fingerprint density at radius 2 is 1.79 bits per heavy atom. The molecule has 14 heavy (non-hydrogen) atoms. The first kappa shape index (κ1) is 9.87. The van der Waals surface area contributed by atoms with E-state index in [1.165, 1.54) is 6.42 Å². The van der Waals surface area contributed by atoms with Crippen LogP contribution < -0.4 is 0 Å². The molecule has 0 aromatic heterocycles. The molecule has 3 heteroatoms. The highest BCUT2D eigenvalue weighted by atomic mass is 16.8. The summed E-state index contributed by atoms with van der Waals surface area (Å²) in [6.45, 7) is 3.65. The van der Waals surface area contributed by atoms with Gasteiger partial charge in [0.25, 0.3) is 0 Å². The fraction of sp³-hybridized carbons (Fsp3) is 0.727. The van der Waals surface area contributed by atoms with Crippen molar-refractivity contribution in [1.82, 2.24) is 0 Å². The van der Waals surface area contributed by atoms with Gasteiger partial charge in [0.15, 0.2) is 12.1 Å². The zero-order chi connectivity index (χ0) is 10.0. The van der Waals surface area contributed by atoms with E-state index in [2.05, 4.69) is 6.58 Å². The van der Waals surface area contributed by atoms with Crippen molar-refractivity contribution in [2.75, 3.05) is 0 Å². The van der Waals surface area contributed by atoms with Crippen molar-refractivity contribution in [1.29, 1.82) is 0 Å². The van der Waals surface area contributed by atoms with Crippen molar-refractivity contribution in [3.63, 3.8) is 0 Å². The molecule has 2 atom stereocenters. The highest BCUT2D eigenvalue weighted by Gasteiger charge is 2.46. The maximum Gasteiger partial charge on any atom is 0.170 e. The summed E-state index contributed by atoms with van der Waals surface area (Å²) in [6, 6.07) is 0. The van der Waals surface area contributed by atoms with E-state index in [0.29, 0.717) is 0 Å². The number of hydrogen-bond acceptors (Lipinski definition) is 3. The number of carbonyl (C=O) groups excluding carboxylic acids is 1. The summed E-state index contributed by atoms with van der Waals surface area (Å²) in [6.07, 6.45) is 7.04. The molecule has 0 radical (unpaired) electrons. The molecule has 0 aromatic rings. The molecule has 2 aliphatic rings. The van der Waals surface area contributed by atoms with Gasteiger partial charge >= 0.3 is 0 Å². The zero-order valence-corrected chi connectivity index (χ0v) is 8.28. The molecule has 0 amide bonds. The van der Waals surface area contributed by atoms with E-state index in [4.69, 9.17) is 9.47 Å². The fourth-order valence-corrected chi connectivity index (χ4v) is 2.27. The minimum atomic E-state index is -0.483. The second kappa shape index (κ2) is 3.83. The second-order valence-corrected chi connectivity index (χ2v) is 4.01. The first-order valence-electron chi connectivity index (χ1n) is 5.23. The predicted octanol–water partition coefficient (Wildman–Crippen LogP) is 1.82. The molecule has 1 heterocycles. The molecule has 1 saturated carbocycles. The molecule has 1 aliphatic carbocycles. The van der Waals surface area contributed by atoms with Crippen LogP contribution in [-0.2, 0) is 14.3 Å². The van der Waals surface area contributed by atoms with Crippen LogP contribution in [0.25, 0.3) is 0 Å². The monoisotopic (exact) mass is 196 g/mol. The number of ether oxygens (including phenoxy) is 2. The van der Waals surface area contributed by atoms with E-state index in [-0.39, 0.29) is 6.10 Å². The summed E-state index contributed by atoms with van der Waals surface area (Å²) in [5.41, 5.74) is 0. The van der Waals surface area contributed by atoms with E-state index in [0.717, 1.165) is 32.0 Å². The van der Waals surface area contributed by atoms with Gasteiger partial charge in [-0.1, -0.05) is 12.5 Å². The Kier molecular flexibility index (Phi) is 2.70. The van der Waals surface area contributed by atoms with Crippen LogP contribution in [0.2, 0.25) is 0 Å². The Hall–Kier alpha value is -0.670. The fourth-order valence-electron chi connectivity index (χ4n) is 2.27. The van der Waals surface area contributed by atoms with Gasteiger partial charge in [-0.15, -0.1) is 6.58 Å². The summed E-state index contributed by atoms with van der Waals surface area (Å²) in [4.78, 5) is 10.7. The summed E-state index contributed by atoms with van der Waals surface area (Å²) in [5, 5.41) is 0. The third-order valence-electron chi connectivity index (χ3n) is 3.01. The van der Waals surface area contributed by atoms with E-state index < -0.39 is 11.9 Å².